The quantitative estimate of drug-likeness (QED) is 0.565. The predicted octanol–water partition coefficient (Wildman–Crippen LogP) is 1.44. The fourth-order valence-electron chi connectivity index (χ4n) is 2.18. The number of rotatable bonds is 5. The molecule has 5 nitrogen and oxygen atoms in total. The Kier molecular flexibility index (Phi) is 7.30. The fourth-order valence-corrected chi connectivity index (χ4v) is 2.18. The molecule has 114 valence electrons. The van der Waals surface area contributed by atoms with Gasteiger partial charge in [0.1, 0.15) is 0 Å². The summed E-state index contributed by atoms with van der Waals surface area (Å²) in [6.07, 6.45) is 3.63. The number of carbonyl (C=O) groups is 2. The van der Waals surface area contributed by atoms with Crippen molar-refractivity contribution in [3.05, 3.63) is 11.6 Å². The lowest BCUT2D eigenvalue weighted by Gasteiger charge is -2.21. The van der Waals surface area contributed by atoms with Crippen molar-refractivity contribution in [2.75, 3.05) is 39.8 Å². The van der Waals surface area contributed by atoms with Crippen LogP contribution in [0.3, 0.4) is 0 Å². The zero-order chi connectivity index (χ0) is 15.0. The Hall–Kier alpha value is -1.36. The van der Waals surface area contributed by atoms with Crippen molar-refractivity contribution in [2.45, 2.75) is 33.1 Å². The summed E-state index contributed by atoms with van der Waals surface area (Å²) in [6, 6.07) is 0. The summed E-state index contributed by atoms with van der Waals surface area (Å²) in [5, 5.41) is 0. The lowest BCUT2D eigenvalue weighted by atomic mass is 10.2. The lowest BCUT2D eigenvalue weighted by molar-refractivity contribution is -0.143. The number of carbonyl (C=O) groups excluding carboxylic acids is 2. The topological polar surface area (TPSA) is 49.9 Å². The maximum Gasteiger partial charge on any atom is 0.306 e. The van der Waals surface area contributed by atoms with Crippen molar-refractivity contribution in [3.8, 4) is 0 Å². The highest BCUT2D eigenvalue weighted by atomic mass is 16.5. The molecule has 0 spiro atoms. The van der Waals surface area contributed by atoms with Crippen LogP contribution >= 0.6 is 0 Å². The first-order chi connectivity index (χ1) is 9.52. The number of esters is 1. The van der Waals surface area contributed by atoms with Crippen LogP contribution in [0.1, 0.15) is 33.1 Å². The van der Waals surface area contributed by atoms with Gasteiger partial charge in [0.2, 0.25) is 5.91 Å². The Balaban J connectivity index is 2.37. The van der Waals surface area contributed by atoms with Crippen molar-refractivity contribution in [3.63, 3.8) is 0 Å². The molecule has 1 aliphatic rings. The molecule has 0 radical (unpaired) electrons. The van der Waals surface area contributed by atoms with E-state index >= 15 is 0 Å². The molecule has 0 aromatic heterocycles. The first-order valence-corrected chi connectivity index (χ1v) is 7.23. The van der Waals surface area contributed by atoms with E-state index < -0.39 is 0 Å². The predicted molar refractivity (Wildman–Crippen MR) is 78.3 cm³/mol. The number of amides is 1. The minimum atomic E-state index is -0.321. The molecule has 1 amide bonds. The van der Waals surface area contributed by atoms with Crippen molar-refractivity contribution < 1.29 is 14.3 Å². The molecule has 1 aliphatic heterocycles. The normalized spacial score (nSPS) is 16.4. The molecule has 0 N–H and O–H groups in total. The van der Waals surface area contributed by atoms with Gasteiger partial charge in [-0.3, -0.25) is 14.5 Å². The average Bonchev–Trinajstić information content (AvgIpc) is 2.67. The standard InChI is InChI=1S/C15H26N2O3/c1-13(2)7-10-16-8-4-9-17(12-11-16)14(18)5-6-15(19)20-3/h7H,4-6,8-12H2,1-3H3. The zero-order valence-electron chi connectivity index (χ0n) is 12.9. The van der Waals surface area contributed by atoms with Gasteiger partial charge in [-0.05, 0) is 20.3 Å². The van der Waals surface area contributed by atoms with E-state index in [1.807, 2.05) is 4.90 Å². The second kappa shape index (κ2) is 8.74. The minimum absolute atomic E-state index is 0.0551. The molecule has 0 aliphatic carbocycles. The third-order valence-electron chi connectivity index (χ3n) is 3.47. The number of allylic oxidation sites excluding steroid dienone is 1. The van der Waals surface area contributed by atoms with Gasteiger partial charge in [-0.15, -0.1) is 0 Å². The fraction of sp³-hybridized carbons (Fsp3) is 0.733. The van der Waals surface area contributed by atoms with Crippen LogP contribution < -0.4 is 0 Å². The van der Waals surface area contributed by atoms with Crippen molar-refractivity contribution >= 4 is 11.9 Å². The van der Waals surface area contributed by atoms with E-state index in [4.69, 9.17) is 0 Å². The summed E-state index contributed by atoms with van der Waals surface area (Å²) in [5.74, 6) is -0.266. The highest BCUT2D eigenvalue weighted by molar-refractivity contribution is 5.81. The minimum Gasteiger partial charge on any atom is -0.469 e. The number of hydrogen-bond acceptors (Lipinski definition) is 4. The molecule has 0 saturated carbocycles. The highest BCUT2D eigenvalue weighted by Crippen LogP contribution is 2.07. The Morgan fingerprint density at radius 2 is 1.85 bits per heavy atom. The van der Waals surface area contributed by atoms with Gasteiger partial charge in [-0.2, -0.15) is 0 Å². The first-order valence-electron chi connectivity index (χ1n) is 7.23. The smallest absolute Gasteiger partial charge is 0.306 e. The third kappa shape index (κ3) is 6.19. The largest absolute Gasteiger partial charge is 0.469 e. The summed E-state index contributed by atoms with van der Waals surface area (Å²) in [4.78, 5) is 27.3. The molecule has 0 aromatic rings. The van der Waals surface area contributed by atoms with Gasteiger partial charge < -0.3 is 9.64 Å². The maximum atomic E-state index is 12.0. The molecule has 20 heavy (non-hydrogen) atoms. The Morgan fingerprint density at radius 3 is 2.50 bits per heavy atom. The van der Waals surface area contributed by atoms with Crippen LogP contribution in [0.2, 0.25) is 0 Å². The summed E-state index contributed by atoms with van der Waals surface area (Å²) in [7, 11) is 1.35. The summed E-state index contributed by atoms with van der Waals surface area (Å²) in [6.45, 7) is 8.59. The molecular weight excluding hydrogens is 256 g/mol. The van der Waals surface area contributed by atoms with Crippen LogP contribution in [0.4, 0.5) is 0 Å². The monoisotopic (exact) mass is 282 g/mol. The van der Waals surface area contributed by atoms with Crippen molar-refractivity contribution in [2.24, 2.45) is 0 Å². The van der Waals surface area contributed by atoms with Crippen LogP contribution in [0.25, 0.3) is 0 Å². The second-order valence-corrected chi connectivity index (χ2v) is 5.39. The van der Waals surface area contributed by atoms with Crippen LogP contribution in [0, 0.1) is 0 Å². The number of ether oxygens (including phenoxy) is 1. The molecule has 0 aromatic carbocycles. The lowest BCUT2D eigenvalue weighted by Crippen LogP contribution is -2.35. The molecule has 1 heterocycles. The number of nitrogens with zero attached hydrogens (tertiary/aromatic N) is 2. The molecule has 1 saturated heterocycles. The van der Waals surface area contributed by atoms with Gasteiger partial charge in [-0.1, -0.05) is 11.6 Å². The van der Waals surface area contributed by atoms with E-state index in [2.05, 4.69) is 29.6 Å². The summed E-state index contributed by atoms with van der Waals surface area (Å²) in [5.41, 5.74) is 1.32. The van der Waals surface area contributed by atoms with Gasteiger partial charge in [-0.25, -0.2) is 0 Å². The van der Waals surface area contributed by atoms with E-state index in [1.54, 1.807) is 0 Å². The Bertz CT molecular complexity index is 362. The van der Waals surface area contributed by atoms with Crippen LogP contribution in [0.5, 0.6) is 0 Å². The van der Waals surface area contributed by atoms with Crippen LogP contribution in [-0.4, -0.2) is 61.5 Å². The van der Waals surface area contributed by atoms with Gasteiger partial charge in [0.15, 0.2) is 0 Å². The maximum absolute atomic E-state index is 12.0. The van der Waals surface area contributed by atoms with Crippen molar-refractivity contribution in [1.29, 1.82) is 0 Å². The molecular formula is C15H26N2O3. The van der Waals surface area contributed by atoms with Gasteiger partial charge in [0.05, 0.1) is 13.5 Å². The third-order valence-corrected chi connectivity index (χ3v) is 3.47. The molecule has 0 unspecified atom stereocenters. The first kappa shape index (κ1) is 16.7. The van der Waals surface area contributed by atoms with Crippen LogP contribution in [-0.2, 0) is 14.3 Å². The second-order valence-electron chi connectivity index (χ2n) is 5.39. The van der Waals surface area contributed by atoms with E-state index in [9.17, 15) is 9.59 Å². The van der Waals surface area contributed by atoms with Gasteiger partial charge >= 0.3 is 5.97 Å². The average molecular weight is 282 g/mol. The van der Waals surface area contributed by atoms with Crippen LogP contribution in [0.15, 0.2) is 11.6 Å². The summed E-state index contributed by atoms with van der Waals surface area (Å²) < 4.78 is 4.56. The SMILES string of the molecule is COC(=O)CCC(=O)N1CCCN(CC=C(C)C)CC1. The molecule has 0 bridgehead atoms. The van der Waals surface area contributed by atoms with E-state index in [-0.39, 0.29) is 24.7 Å². The zero-order valence-corrected chi connectivity index (χ0v) is 12.9. The van der Waals surface area contributed by atoms with E-state index in [1.165, 1.54) is 12.7 Å². The number of methoxy groups -OCH3 is 1. The molecule has 0 atom stereocenters. The molecule has 5 heteroatoms. The Labute approximate surface area is 121 Å². The van der Waals surface area contributed by atoms with E-state index in [0.717, 1.165) is 39.1 Å². The van der Waals surface area contributed by atoms with E-state index in [0.29, 0.717) is 0 Å². The van der Waals surface area contributed by atoms with Gasteiger partial charge in [0, 0.05) is 39.1 Å². The number of hydrogen-bond donors (Lipinski definition) is 0. The Morgan fingerprint density at radius 1 is 1.10 bits per heavy atom. The summed E-state index contributed by atoms with van der Waals surface area (Å²) >= 11 is 0. The molecule has 1 fully saturated rings. The highest BCUT2D eigenvalue weighted by Gasteiger charge is 2.19. The molecule has 1 rings (SSSR count). The van der Waals surface area contributed by atoms with Gasteiger partial charge in [0.25, 0.3) is 0 Å². The van der Waals surface area contributed by atoms with Crippen molar-refractivity contribution in [1.82, 2.24) is 9.80 Å².